The standard InChI is InChI=1S/C12H16FN/c13-11-7-3-1-5-9(11)10-6-2-4-8-12(10)14/h1,3,5,7,10,12H,2,4,6,8,14H2/t10-,12+/m0/s1. The van der Waals surface area contributed by atoms with E-state index in [1.54, 1.807) is 6.07 Å². The molecule has 0 spiro atoms. The minimum atomic E-state index is -0.102. The molecule has 2 heteroatoms. The summed E-state index contributed by atoms with van der Waals surface area (Å²) in [5.41, 5.74) is 6.82. The third-order valence-corrected chi connectivity index (χ3v) is 3.12. The number of hydrogen-bond acceptors (Lipinski definition) is 1. The highest BCUT2D eigenvalue weighted by molar-refractivity contribution is 5.23. The average Bonchev–Trinajstić information content (AvgIpc) is 2.20. The van der Waals surface area contributed by atoms with Gasteiger partial charge in [0.15, 0.2) is 0 Å². The zero-order chi connectivity index (χ0) is 9.97. The summed E-state index contributed by atoms with van der Waals surface area (Å²) in [4.78, 5) is 0. The van der Waals surface area contributed by atoms with E-state index in [9.17, 15) is 4.39 Å². The lowest BCUT2D eigenvalue weighted by molar-refractivity contribution is 0.376. The van der Waals surface area contributed by atoms with E-state index in [4.69, 9.17) is 5.73 Å². The van der Waals surface area contributed by atoms with Gasteiger partial charge in [0.1, 0.15) is 5.82 Å². The molecule has 1 aromatic rings. The zero-order valence-electron chi connectivity index (χ0n) is 8.25. The molecule has 2 rings (SSSR count). The predicted molar refractivity (Wildman–Crippen MR) is 55.6 cm³/mol. The highest BCUT2D eigenvalue weighted by Gasteiger charge is 2.25. The van der Waals surface area contributed by atoms with Crippen LogP contribution >= 0.6 is 0 Å². The molecule has 1 aliphatic carbocycles. The van der Waals surface area contributed by atoms with Crippen molar-refractivity contribution in [2.75, 3.05) is 0 Å². The fourth-order valence-electron chi connectivity index (χ4n) is 2.32. The smallest absolute Gasteiger partial charge is 0.126 e. The van der Waals surface area contributed by atoms with Gasteiger partial charge in [-0.25, -0.2) is 4.39 Å². The number of rotatable bonds is 1. The van der Waals surface area contributed by atoms with Crippen LogP contribution in [-0.4, -0.2) is 6.04 Å². The maximum absolute atomic E-state index is 13.5. The van der Waals surface area contributed by atoms with E-state index in [2.05, 4.69) is 0 Å². The van der Waals surface area contributed by atoms with Gasteiger partial charge >= 0.3 is 0 Å². The Morgan fingerprint density at radius 1 is 1.14 bits per heavy atom. The Kier molecular flexibility index (Phi) is 2.82. The molecular formula is C12H16FN. The molecule has 1 saturated carbocycles. The monoisotopic (exact) mass is 193 g/mol. The van der Waals surface area contributed by atoms with Gasteiger partial charge in [-0.15, -0.1) is 0 Å². The first-order chi connectivity index (χ1) is 6.79. The molecule has 0 bridgehead atoms. The summed E-state index contributed by atoms with van der Waals surface area (Å²) < 4.78 is 13.5. The molecule has 14 heavy (non-hydrogen) atoms. The molecule has 0 saturated heterocycles. The number of halogens is 1. The van der Waals surface area contributed by atoms with Crippen molar-refractivity contribution < 1.29 is 4.39 Å². The van der Waals surface area contributed by atoms with Crippen LogP contribution in [0.5, 0.6) is 0 Å². The number of benzene rings is 1. The van der Waals surface area contributed by atoms with E-state index < -0.39 is 0 Å². The lowest BCUT2D eigenvalue weighted by Crippen LogP contribution is -2.31. The van der Waals surface area contributed by atoms with Crippen molar-refractivity contribution in [1.82, 2.24) is 0 Å². The van der Waals surface area contributed by atoms with E-state index in [0.717, 1.165) is 18.4 Å². The van der Waals surface area contributed by atoms with Crippen molar-refractivity contribution in [3.05, 3.63) is 35.6 Å². The minimum Gasteiger partial charge on any atom is -0.327 e. The van der Waals surface area contributed by atoms with Crippen molar-refractivity contribution in [2.24, 2.45) is 5.73 Å². The van der Waals surface area contributed by atoms with E-state index in [1.807, 2.05) is 12.1 Å². The summed E-state index contributed by atoms with van der Waals surface area (Å²) in [6.45, 7) is 0. The molecule has 1 fully saturated rings. The minimum absolute atomic E-state index is 0.102. The summed E-state index contributed by atoms with van der Waals surface area (Å²) in [7, 11) is 0. The molecule has 0 heterocycles. The van der Waals surface area contributed by atoms with Crippen molar-refractivity contribution in [3.8, 4) is 0 Å². The number of hydrogen-bond donors (Lipinski definition) is 1. The van der Waals surface area contributed by atoms with Crippen LogP contribution in [0.2, 0.25) is 0 Å². The maximum Gasteiger partial charge on any atom is 0.126 e. The Hall–Kier alpha value is -0.890. The van der Waals surface area contributed by atoms with E-state index in [-0.39, 0.29) is 17.8 Å². The second kappa shape index (κ2) is 4.09. The van der Waals surface area contributed by atoms with Gasteiger partial charge < -0.3 is 5.73 Å². The predicted octanol–water partition coefficient (Wildman–Crippen LogP) is 2.81. The Labute approximate surface area is 84.1 Å². The van der Waals surface area contributed by atoms with Gasteiger partial charge in [0.2, 0.25) is 0 Å². The van der Waals surface area contributed by atoms with Gasteiger partial charge in [-0.3, -0.25) is 0 Å². The van der Waals surface area contributed by atoms with E-state index >= 15 is 0 Å². The first-order valence-corrected chi connectivity index (χ1v) is 5.29. The Bertz CT molecular complexity index is 311. The van der Waals surface area contributed by atoms with Crippen LogP contribution in [0.25, 0.3) is 0 Å². The lowest BCUT2D eigenvalue weighted by Gasteiger charge is -2.29. The molecule has 1 aliphatic rings. The SMILES string of the molecule is N[C@@H]1CCCC[C@H]1c1ccccc1F. The number of nitrogens with two attached hydrogens (primary N) is 1. The normalized spacial score (nSPS) is 27.6. The summed E-state index contributed by atoms with van der Waals surface area (Å²) >= 11 is 0. The highest BCUT2D eigenvalue weighted by Crippen LogP contribution is 2.32. The Balaban J connectivity index is 2.25. The quantitative estimate of drug-likeness (QED) is 0.729. The molecule has 0 unspecified atom stereocenters. The highest BCUT2D eigenvalue weighted by atomic mass is 19.1. The fraction of sp³-hybridized carbons (Fsp3) is 0.500. The van der Waals surface area contributed by atoms with Crippen LogP contribution in [0.4, 0.5) is 4.39 Å². The molecule has 1 aromatic carbocycles. The molecule has 76 valence electrons. The van der Waals surface area contributed by atoms with Crippen LogP contribution in [0, 0.1) is 5.82 Å². The topological polar surface area (TPSA) is 26.0 Å². The van der Waals surface area contributed by atoms with Gasteiger partial charge in [-0.05, 0) is 24.5 Å². The molecule has 0 radical (unpaired) electrons. The Morgan fingerprint density at radius 2 is 1.86 bits per heavy atom. The summed E-state index contributed by atoms with van der Waals surface area (Å²) in [5.74, 6) is 0.125. The van der Waals surface area contributed by atoms with Gasteiger partial charge in [0.25, 0.3) is 0 Å². The Morgan fingerprint density at radius 3 is 2.57 bits per heavy atom. The molecule has 2 N–H and O–H groups in total. The van der Waals surface area contributed by atoms with Gasteiger partial charge in [-0.1, -0.05) is 31.0 Å². The first-order valence-electron chi connectivity index (χ1n) is 5.29. The lowest BCUT2D eigenvalue weighted by atomic mass is 9.80. The van der Waals surface area contributed by atoms with Crippen LogP contribution in [0.15, 0.2) is 24.3 Å². The van der Waals surface area contributed by atoms with Crippen molar-refractivity contribution >= 4 is 0 Å². The molecule has 0 aliphatic heterocycles. The summed E-state index contributed by atoms with van der Waals surface area (Å²) in [6.07, 6.45) is 4.42. The van der Waals surface area contributed by atoms with E-state index in [0.29, 0.717) is 0 Å². The van der Waals surface area contributed by atoms with Crippen LogP contribution < -0.4 is 5.73 Å². The molecule has 0 aromatic heterocycles. The molecule has 0 amide bonds. The second-order valence-electron chi connectivity index (χ2n) is 4.08. The largest absolute Gasteiger partial charge is 0.327 e. The van der Waals surface area contributed by atoms with Crippen LogP contribution in [-0.2, 0) is 0 Å². The second-order valence-corrected chi connectivity index (χ2v) is 4.08. The summed E-state index contributed by atoms with van der Waals surface area (Å²) in [5, 5.41) is 0. The van der Waals surface area contributed by atoms with Gasteiger partial charge in [0.05, 0.1) is 0 Å². The maximum atomic E-state index is 13.5. The van der Waals surface area contributed by atoms with Crippen LogP contribution in [0.1, 0.15) is 37.2 Å². The third-order valence-electron chi connectivity index (χ3n) is 3.12. The first kappa shape index (κ1) is 9.66. The van der Waals surface area contributed by atoms with Crippen molar-refractivity contribution in [2.45, 2.75) is 37.6 Å². The van der Waals surface area contributed by atoms with Crippen molar-refractivity contribution in [3.63, 3.8) is 0 Å². The van der Waals surface area contributed by atoms with Gasteiger partial charge in [0, 0.05) is 12.0 Å². The molecule has 1 nitrogen and oxygen atoms in total. The molecule has 2 atom stereocenters. The van der Waals surface area contributed by atoms with Crippen LogP contribution in [0.3, 0.4) is 0 Å². The van der Waals surface area contributed by atoms with E-state index in [1.165, 1.54) is 18.9 Å². The molecular weight excluding hydrogens is 177 g/mol. The third kappa shape index (κ3) is 1.80. The zero-order valence-corrected chi connectivity index (χ0v) is 8.25. The van der Waals surface area contributed by atoms with Gasteiger partial charge in [-0.2, -0.15) is 0 Å². The average molecular weight is 193 g/mol. The van der Waals surface area contributed by atoms with Crippen molar-refractivity contribution in [1.29, 1.82) is 0 Å². The fourth-order valence-corrected chi connectivity index (χ4v) is 2.32. The summed E-state index contributed by atoms with van der Waals surface area (Å²) in [6, 6.07) is 7.15.